The molecular formula is C22H21N5O4. The fraction of sp³-hybridized carbons (Fsp3) is 0.318. The van der Waals surface area contributed by atoms with Crippen molar-refractivity contribution in [2.75, 3.05) is 18.1 Å². The fourth-order valence-corrected chi connectivity index (χ4v) is 4.80. The SMILES string of the molecule is NC(=O)[C@@H]1CCCN1c1cc2c3c(c1)nc(-c1ccc4c(=O)[nH]oc4c1)n3CCCO2. The largest absolute Gasteiger partial charge is 0.491 e. The Hall–Kier alpha value is -3.75. The number of nitrogens with zero attached hydrogens (tertiary/aromatic N) is 3. The third-order valence-electron chi connectivity index (χ3n) is 6.23. The Morgan fingerprint density at radius 2 is 2.10 bits per heavy atom. The zero-order valence-corrected chi connectivity index (χ0v) is 16.8. The Labute approximate surface area is 176 Å². The number of rotatable bonds is 3. The number of benzene rings is 2. The molecule has 1 amide bonds. The Morgan fingerprint density at radius 3 is 2.97 bits per heavy atom. The van der Waals surface area contributed by atoms with Crippen molar-refractivity contribution in [1.29, 1.82) is 0 Å². The van der Waals surface area contributed by atoms with Crippen LogP contribution in [0.25, 0.3) is 33.4 Å². The number of aryl methyl sites for hydroxylation is 1. The molecule has 0 spiro atoms. The van der Waals surface area contributed by atoms with Gasteiger partial charge in [0.2, 0.25) is 5.91 Å². The molecule has 4 heterocycles. The lowest BCUT2D eigenvalue weighted by Gasteiger charge is -2.25. The van der Waals surface area contributed by atoms with Crippen molar-refractivity contribution >= 4 is 33.6 Å². The topological polar surface area (TPSA) is 119 Å². The maximum absolute atomic E-state index is 11.9. The van der Waals surface area contributed by atoms with E-state index < -0.39 is 0 Å². The molecule has 4 aromatic rings. The summed E-state index contributed by atoms with van der Waals surface area (Å²) in [4.78, 5) is 30.7. The number of imidazole rings is 1. The van der Waals surface area contributed by atoms with Gasteiger partial charge in [-0.3, -0.25) is 9.59 Å². The number of fused-ring (bicyclic) bond motifs is 1. The molecule has 1 atom stereocenters. The number of aromatic nitrogens is 3. The van der Waals surface area contributed by atoms with Crippen LogP contribution in [0.1, 0.15) is 19.3 Å². The highest BCUT2D eigenvalue weighted by molar-refractivity contribution is 5.92. The van der Waals surface area contributed by atoms with Gasteiger partial charge in [0.15, 0.2) is 5.58 Å². The van der Waals surface area contributed by atoms with Crippen molar-refractivity contribution in [3.8, 4) is 17.1 Å². The van der Waals surface area contributed by atoms with Gasteiger partial charge in [0.1, 0.15) is 23.1 Å². The third-order valence-corrected chi connectivity index (χ3v) is 6.23. The summed E-state index contributed by atoms with van der Waals surface area (Å²) in [5, 5.41) is 2.88. The number of anilines is 1. The minimum Gasteiger partial charge on any atom is -0.491 e. The van der Waals surface area contributed by atoms with Crippen LogP contribution in [0.4, 0.5) is 5.69 Å². The molecule has 31 heavy (non-hydrogen) atoms. The minimum absolute atomic E-state index is 0.247. The first kappa shape index (κ1) is 18.1. The summed E-state index contributed by atoms with van der Waals surface area (Å²) in [6.45, 7) is 2.14. The molecule has 1 saturated heterocycles. The van der Waals surface area contributed by atoms with E-state index in [2.05, 4.69) is 9.72 Å². The van der Waals surface area contributed by atoms with Gasteiger partial charge in [0.25, 0.3) is 5.56 Å². The van der Waals surface area contributed by atoms with Crippen LogP contribution in [0.3, 0.4) is 0 Å². The minimum atomic E-state index is -0.309. The lowest BCUT2D eigenvalue weighted by molar-refractivity contribution is -0.119. The second kappa shape index (κ2) is 6.63. The summed E-state index contributed by atoms with van der Waals surface area (Å²) in [6, 6.07) is 9.15. The highest BCUT2D eigenvalue weighted by Gasteiger charge is 2.31. The van der Waals surface area contributed by atoms with Crippen molar-refractivity contribution in [2.24, 2.45) is 5.73 Å². The molecular weight excluding hydrogens is 398 g/mol. The molecule has 3 N–H and O–H groups in total. The Morgan fingerprint density at radius 1 is 1.19 bits per heavy atom. The van der Waals surface area contributed by atoms with E-state index in [1.54, 1.807) is 6.07 Å². The van der Waals surface area contributed by atoms with E-state index in [4.69, 9.17) is 20.0 Å². The molecule has 0 saturated carbocycles. The van der Waals surface area contributed by atoms with Gasteiger partial charge in [0, 0.05) is 30.4 Å². The zero-order valence-electron chi connectivity index (χ0n) is 16.8. The van der Waals surface area contributed by atoms with Crippen LogP contribution in [0.15, 0.2) is 39.6 Å². The molecule has 2 aromatic heterocycles. The van der Waals surface area contributed by atoms with Gasteiger partial charge >= 0.3 is 0 Å². The number of nitrogens with two attached hydrogens (primary N) is 1. The number of H-pyrrole nitrogens is 1. The number of amides is 1. The first-order chi connectivity index (χ1) is 15.1. The number of hydrogen-bond acceptors (Lipinski definition) is 6. The Balaban J connectivity index is 1.54. The average Bonchev–Trinajstić information content (AvgIpc) is 3.44. The smallest absolute Gasteiger partial charge is 0.287 e. The summed E-state index contributed by atoms with van der Waals surface area (Å²) in [7, 11) is 0. The van der Waals surface area contributed by atoms with Crippen LogP contribution in [-0.2, 0) is 11.3 Å². The molecule has 9 nitrogen and oxygen atoms in total. The van der Waals surface area contributed by atoms with Crippen LogP contribution in [0.5, 0.6) is 5.75 Å². The van der Waals surface area contributed by atoms with E-state index in [9.17, 15) is 9.59 Å². The molecule has 2 aromatic carbocycles. The van der Waals surface area contributed by atoms with Gasteiger partial charge in [-0.1, -0.05) is 6.07 Å². The van der Waals surface area contributed by atoms with E-state index in [1.807, 2.05) is 29.2 Å². The van der Waals surface area contributed by atoms with Gasteiger partial charge in [-0.15, -0.1) is 0 Å². The van der Waals surface area contributed by atoms with E-state index in [0.717, 1.165) is 66.2 Å². The van der Waals surface area contributed by atoms with Crippen molar-refractivity contribution in [2.45, 2.75) is 31.8 Å². The number of aromatic amines is 1. The fourth-order valence-electron chi connectivity index (χ4n) is 4.80. The first-order valence-corrected chi connectivity index (χ1v) is 10.4. The molecule has 2 aliphatic heterocycles. The second-order valence-corrected chi connectivity index (χ2v) is 8.10. The molecule has 158 valence electrons. The lowest BCUT2D eigenvalue weighted by Crippen LogP contribution is -2.40. The van der Waals surface area contributed by atoms with Crippen molar-refractivity contribution < 1.29 is 14.1 Å². The number of ether oxygens (including phenoxy) is 1. The van der Waals surface area contributed by atoms with Gasteiger partial charge in [-0.2, -0.15) is 5.16 Å². The Bertz CT molecular complexity index is 1400. The molecule has 0 unspecified atom stereocenters. The molecule has 6 rings (SSSR count). The van der Waals surface area contributed by atoms with Crippen molar-refractivity contribution in [3.63, 3.8) is 0 Å². The van der Waals surface area contributed by atoms with Crippen LogP contribution < -0.4 is 20.9 Å². The number of hydrogen-bond donors (Lipinski definition) is 2. The second-order valence-electron chi connectivity index (χ2n) is 8.10. The normalized spacial score (nSPS) is 18.5. The number of carbonyl (C=O) groups is 1. The molecule has 0 radical (unpaired) electrons. The monoisotopic (exact) mass is 419 g/mol. The third kappa shape index (κ3) is 2.73. The van der Waals surface area contributed by atoms with E-state index in [0.29, 0.717) is 17.6 Å². The summed E-state index contributed by atoms with van der Waals surface area (Å²) in [5.41, 5.74) is 9.37. The van der Waals surface area contributed by atoms with Gasteiger partial charge in [-0.25, -0.2) is 4.98 Å². The Kier molecular flexibility index (Phi) is 3.86. The highest BCUT2D eigenvalue weighted by Crippen LogP contribution is 2.38. The first-order valence-electron chi connectivity index (χ1n) is 10.4. The predicted molar refractivity (Wildman–Crippen MR) is 115 cm³/mol. The molecule has 0 aliphatic carbocycles. The number of nitrogens with one attached hydrogen (secondary N) is 1. The quantitative estimate of drug-likeness (QED) is 0.526. The van der Waals surface area contributed by atoms with E-state index in [-0.39, 0.29) is 17.5 Å². The van der Waals surface area contributed by atoms with E-state index >= 15 is 0 Å². The predicted octanol–water partition coefficient (Wildman–Crippen LogP) is 2.37. The van der Waals surface area contributed by atoms with Gasteiger partial charge in [0.05, 0.1) is 17.5 Å². The highest BCUT2D eigenvalue weighted by atomic mass is 16.5. The molecule has 9 heteroatoms. The average molecular weight is 419 g/mol. The van der Waals surface area contributed by atoms with E-state index in [1.165, 1.54) is 0 Å². The van der Waals surface area contributed by atoms with Crippen LogP contribution in [0.2, 0.25) is 0 Å². The van der Waals surface area contributed by atoms with Gasteiger partial charge < -0.3 is 24.5 Å². The lowest BCUT2D eigenvalue weighted by atomic mass is 10.1. The van der Waals surface area contributed by atoms with Crippen molar-refractivity contribution in [1.82, 2.24) is 14.7 Å². The molecule has 0 bridgehead atoms. The maximum Gasteiger partial charge on any atom is 0.287 e. The van der Waals surface area contributed by atoms with Crippen LogP contribution in [-0.4, -0.2) is 39.8 Å². The number of carbonyl (C=O) groups excluding carboxylic acids is 1. The van der Waals surface area contributed by atoms with Crippen LogP contribution in [0, 0.1) is 0 Å². The van der Waals surface area contributed by atoms with Crippen LogP contribution >= 0.6 is 0 Å². The molecule has 1 fully saturated rings. The summed E-state index contributed by atoms with van der Waals surface area (Å²) < 4.78 is 13.5. The summed E-state index contributed by atoms with van der Waals surface area (Å²) in [6.07, 6.45) is 2.52. The maximum atomic E-state index is 11.9. The summed E-state index contributed by atoms with van der Waals surface area (Å²) >= 11 is 0. The molecule has 2 aliphatic rings. The zero-order chi connectivity index (χ0) is 21.1. The number of primary amides is 1. The van der Waals surface area contributed by atoms with Gasteiger partial charge in [-0.05, 0) is 37.5 Å². The summed E-state index contributed by atoms with van der Waals surface area (Å²) in [5.74, 6) is 1.24. The standard InChI is InChI=1S/C22H21N5O4/c23-20(28)16-3-1-6-26(16)13-10-15-19-18(11-13)30-8-2-7-27(19)21(24-15)12-4-5-14-17(9-12)31-25-22(14)29/h4-5,9-11,16H,1-3,6-8H2,(H2,23,28)(H,25,29)/t16-/m0/s1. The van der Waals surface area contributed by atoms with Crippen molar-refractivity contribution in [3.05, 3.63) is 40.7 Å².